The van der Waals surface area contributed by atoms with E-state index in [0.717, 1.165) is 41.0 Å². The lowest BCUT2D eigenvalue weighted by molar-refractivity contribution is -0.116. The molecule has 0 spiro atoms. The van der Waals surface area contributed by atoms with Gasteiger partial charge in [-0.1, -0.05) is 12.1 Å². The summed E-state index contributed by atoms with van der Waals surface area (Å²) in [7, 11) is -3.39. The average Bonchev–Trinajstić information content (AvgIpc) is 3.19. The molecule has 0 atom stereocenters. The number of carbonyl (C=O) groups is 1. The number of aromatic nitrogens is 1. The molecule has 0 radical (unpaired) electrons. The predicted molar refractivity (Wildman–Crippen MR) is 110 cm³/mol. The third-order valence-corrected chi connectivity index (χ3v) is 6.97. The number of pyridine rings is 1. The van der Waals surface area contributed by atoms with Crippen molar-refractivity contribution >= 4 is 21.6 Å². The molecule has 1 fully saturated rings. The lowest BCUT2D eigenvalue weighted by Gasteiger charge is -2.15. The first-order valence-corrected chi connectivity index (χ1v) is 11.0. The highest BCUT2D eigenvalue weighted by atomic mass is 32.2. The minimum Gasteiger partial charge on any atom is -0.324 e. The van der Waals surface area contributed by atoms with E-state index >= 15 is 0 Å². The molecule has 1 N–H and O–H groups in total. The van der Waals surface area contributed by atoms with Gasteiger partial charge in [-0.15, -0.1) is 0 Å². The van der Waals surface area contributed by atoms with Crippen molar-refractivity contribution in [3.05, 3.63) is 52.8 Å². The summed E-state index contributed by atoms with van der Waals surface area (Å²) in [5, 5.41) is 2.94. The van der Waals surface area contributed by atoms with Crippen molar-refractivity contribution in [2.24, 2.45) is 0 Å². The summed E-state index contributed by atoms with van der Waals surface area (Å²) in [6, 6.07) is 8.81. The number of carbonyl (C=O) groups excluding carboxylic acids is 1. The van der Waals surface area contributed by atoms with E-state index in [0.29, 0.717) is 30.8 Å². The molecule has 0 bridgehead atoms. The first-order valence-electron chi connectivity index (χ1n) is 9.61. The van der Waals surface area contributed by atoms with E-state index in [1.54, 1.807) is 24.3 Å². The van der Waals surface area contributed by atoms with E-state index < -0.39 is 10.0 Å². The van der Waals surface area contributed by atoms with E-state index in [1.807, 2.05) is 26.8 Å². The number of rotatable bonds is 6. The number of amides is 1. The Kier molecular flexibility index (Phi) is 6.15. The van der Waals surface area contributed by atoms with Gasteiger partial charge in [-0.05, 0) is 69.4 Å². The van der Waals surface area contributed by atoms with Crippen molar-refractivity contribution in [1.82, 2.24) is 9.29 Å². The van der Waals surface area contributed by atoms with E-state index in [4.69, 9.17) is 0 Å². The molecule has 1 aromatic heterocycles. The molecule has 1 saturated heterocycles. The maximum atomic E-state index is 12.6. The summed E-state index contributed by atoms with van der Waals surface area (Å²) in [6.07, 6.45) is 2.71. The van der Waals surface area contributed by atoms with Gasteiger partial charge in [0.15, 0.2) is 0 Å². The quantitative estimate of drug-likeness (QED) is 0.805. The van der Waals surface area contributed by atoms with Crippen LogP contribution < -0.4 is 5.32 Å². The van der Waals surface area contributed by atoms with Crippen LogP contribution in [0.5, 0.6) is 0 Å². The van der Waals surface area contributed by atoms with Gasteiger partial charge in [0.2, 0.25) is 15.9 Å². The molecule has 150 valence electrons. The van der Waals surface area contributed by atoms with Crippen molar-refractivity contribution < 1.29 is 13.2 Å². The number of hydrogen-bond donors (Lipinski definition) is 1. The van der Waals surface area contributed by atoms with E-state index in [2.05, 4.69) is 10.3 Å². The standard InChI is InChI=1S/C21H27N3O3S/c1-15-14-16(2)22-17(3)21(15)23-20(25)11-8-18-6-9-19(10-7-18)28(26,27)24-12-4-5-13-24/h6-7,9-10,14H,4-5,8,11-13H2,1-3H3,(H,23,25). The maximum Gasteiger partial charge on any atom is 0.243 e. The first kappa shape index (κ1) is 20.5. The predicted octanol–water partition coefficient (Wildman–Crippen LogP) is 3.36. The Morgan fingerprint density at radius 1 is 1.11 bits per heavy atom. The molecule has 6 nitrogen and oxygen atoms in total. The monoisotopic (exact) mass is 401 g/mol. The zero-order chi connectivity index (χ0) is 20.3. The second kappa shape index (κ2) is 8.41. The molecule has 0 unspecified atom stereocenters. The second-order valence-electron chi connectivity index (χ2n) is 7.34. The SMILES string of the molecule is Cc1cc(C)c(NC(=O)CCc2ccc(S(=O)(=O)N3CCCC3)cc2)c(C)n1. The van der Waals surface area contributed by atoms with Crippen LogP contribution >= 0.6 is 0 Å². The smallest absolute Gasteiger partial charge is 0.243 e. The Balaban J connectivity index is 1.60. The zero-order valence-electron chi connectivity index (χ0n) is 16.7. The minimum atomic E-state index is -3.39. The molecule has 28 heavy (non-hydrogen) atoms. The lowest BCUT2D eigenvalue weighted by Crippen LogP contribution is -2.27. The summed E-state index contributed by atoms with van der Waals surface area (Å²) >= 11 is 0. The van der Waals surface area contributed by atoms with Gasteiger partial charge in [-0.25, -0.2) is 8.42 Å². The molecule has 2 aromatic rings. The molecule has 1 amide bonds. The Bertz CT molecular complexity index is 940. The Morgan fingerprint density at radius 2 is 1.75 bits per heavy atom. The van der Waals surface area contributed by atoms with Gasteiger partial charge in [-0.3, -0.25) is 9.78 Å². The van der Waals surface area contributed by atoms with Crippen LogP contribution in [-0.4, -0.2) is 36.7 Å². The van der Waals surface area contributed by atoms with Gasteiger partial charge in [0.1, 0.15) is 0 Å². The van der Waals surface area contributed by atoms with Crippen LogP contribution in [0.4, 0.5) is 5.69 Å². The molecule has 0 saturated carbocycles. The van der Waals surface area contributed by atoms with Gasteiger partial charge in [0.25, 0.3) is 0 Å². The maximum absolute atomic E-state index is 12.6. The Morgan fingerprint density at radius 3 is 2.36 bits per heavy atom. The van der Waals surface area contributed by atoms with Crippen LogP contribution in [0.15, 0.2) is 35.2 Å². The summed E-state index contributed by atoms with van der Waals surface area (Å²) in [6.45, 7) is 6.96. The Hall–Kier alpha value is -2.25. The molecule has 1 aromatic carbocycles. The number of benzene rings is 1. The number of nitrogens with zero attached hydrogens (tertiary/aromatic N) is 2. The van der Waals surface area contributed by atoms with Gasteiger partial charge < -0.3 is 5.32 Å². The Labute approximate surface area is 167 Å². The van der Waals surface area contributed by atoms with Crippen LogP contribution in [0.3, 0.4) is 0 Å². The first-order chi connectivity index (χ1) is 13.3. The summed E-state index contributed by atoms with van der Waals surface area (Å²) < 4.78 is 26.7. The number of anilines is 1. The van der Waals surface area contributed by atoms with Crippen LogP contribution in [-0.2, 0) is 21.2 Å². The molecule has 2 heterocycles. The molecular formula is C21H27N3O3S. The van der Waals surface area contributed by atoms with Crippen LogP contribution in [0.1, 0.15) is 41.8 Å². The van der Waals surface area contributed by atoms with E-state index in [9.17, 15) is 13.2 Å². The topological polar surface area (TPSA) is 79.4 Å². The third-order valence-electron chi connectivity index (χ3n) is 5.06. The largest absolute Gasteiger partial charge is 0.324 e. The zero-order valence-corrected chi connectivity index (χ0v) is 17.5. The van der Waals surface area contributed by atoms with Gasteiger partial charge >= 0.3 is 0 Å². The molecule has 3 rings (SSSR count). The fourth-order valence-electron chi connectivity index (χ4n) is 3.58. The van der Waals surface area contributed by atoms with Crippen molar-refractivity contribution in [2.75, 3.05) is 18.4 Å². The fourth-order valence-corrected chi connectivity index (χ4v) is 5.10. The highest BCUT2D eigenvalue weighted by Crippen LogP contribution is 2.22. The summed E-state index contributed by atoms with van der Waals surface area (Å²) in [5.41, 5.74) is 4.43. The number of aryl methyl sites for hydroxylation is 4. The number of nitrogens with one attached hydrogen (secondary N) is 1. The van der Waals surface area contributed by atoms with E-state index in [1.165, 1.54) is 4.31 Å². The molecular weight excluding hydrogens is 374 g/mol. The van der Waals surface area contributed by atoms with E-state index in [-0.39, 0.29) is 5.91 Å². The normalized spacial score (nSPS) is 15.0. The second-order valence-corrected chi connectivity index (χ2v) is 9.28. The van der Waals surface area contributed by atoms with Crippen LogP contribution in [0.2, 0.25) is 0 Å². The highest BCUT2D eigenvalue weighted by molar-refractivity contribution is 7.89. The minimum absolute atomic E-state index is 0.0781. The molecule has 1 aliphatic rings. The molecule has 0 aliphatic carbocycles. The van der Waals surface area contributed by atoms with Gasteiger partial charge in [0.05, 0.1) is 16.3 Å². The fraction of sp³-hybridized carbons (Fsp3) is 0.429. The lowest BCUT2D eigenvalue weighted by atomic mass is 10.1. The van der Waals surface area contributed by atoms with Crippen LogP contribution in [0.25, 0.3) is 0 Å². The third kappa shape index (κ3) is 4.59. The van der Waals surface area contributed by atoms with Crippen molar-refractivity contribution in [3.8, 4) is 0 Å². The summed E-state index contributed by atoms with van der Waals surface area (Å²) in [4.78, 5) is 17.0. The number of sulfonamides is 1. The van der Waals surface area contributed by atoms with Crippen molar-refractivity contribution in [2.45, 2.75) is 51.3 Å². The van der Waals surface area contributed by atoms with Gasteiger partial charge in [-0.2, -0.15) is 4.31 Å². The molecule has 7 heteroatoms. The average molecular weight is 402 g/mol. The number of hydrogen-bond acceptors (Lipinski definition) is 4. The van der Waals surface area contributed by atoms with Crippen molar-refractivity contribution in [1.29, 1.82) is 0 Å². The highest BCUT2D eigenvalue weighted by Gasteiger charge is 2.26. The van der Waals surface area contributed by atoms with Crippen molar-refractivity contribution in [3.63, 3.8) is 0 Å². The summed E-state index contributed by atoms with van der Waals surface area (Å²) in [5.74, 6) is -0.0781. The molecule has 1 aliphatic heterocycles. The van der Waals surface area contributed by atoms with Crippen LogP contribution in [0, 0.1) is 20.8 Å². The van der Waals surface area contributed by atoms with Gasteiger partial charge in [0, 0.05) is 25.2 Å².